The van der Waals surface area contributed by atoms with E-state index in [0.29, 0.717) is 5.69 Å². The van der Waals surface area contributed by atoms with Crippen molar-refractivity contribution in [3.05, 3.63) is 30.7 Å². The second-order valence-electron chi connectivity index (χ2n) is 2.38. The molecule has 1 unspecified atom stereocenters. The van der Waals surface area contributed by atoms with Crippen LogP contribution < -0.4 is 5.73 Å². The first-order valence-corrected chi connectivity index (χ1v) is 4.88. The van der Waals surface area contributed by atoms with E-state index in [1.165, 1.54) is 12.1 Å². The van der Waals surface area contributed by atoms with E-state index in [9.17, 15) is 8.76 Å². The molecule has 0 saturated carbocycles. The van der Waals surface area contributed by atoms with Crippen LogP contribution in [0.25, 0.3) is 0 Å². The molecule has 0 aliphatic heterocycles. The fraction of sp³-hybridized carbons (Fsp3) is 0.222. The minimum Gasteiger partial charge on any atom is -0.768 e. The van der Waals surface area contributed by atoms with Crippen LogP contribution in [0.5, 0.6) is 0 Å². The Morgan fingerprint density at radius 3 is 1.93 bits per heavy atom. The summed E-state index contributed by atoms with van der Waals surface area (Å²) in [6, 6.07) is 6.01. The molecule has 2 N–H and O–H groups in total. The predicted octanol–water partition coefficient (Wildman–Crippen LogP) is 1.73. The van der Waals surface area contributed by atoms with Gasteiger partial charge in [0.25, 0.3) is 0 Å². The summed E-state index contributed by atoms with van der Waals surface area (Å²) in [5, 5.41) is 0. The second kappa shape index (κ2) is 9.40. The van der Waals surface area contributed by atoms with Crippen LogP contribution in [0.4, 0.5) is 5.69 Å². The van der Waals surface area contributed by atoms with E-state index in [0.717, 1.165) is 0 Å². The van der Waals surface area contributed by atoms with Crippen molar-refractivity contribution < 1.29 is 30.5 Å². The third-order valence-corrected chi connectivity index (χ3v) is 1.73. The fourth-order valence-corrected chi connectivity index (χ4v) is 0.937. The molecule has 0 fully saturated rings. The number of rotatable bonds is 1. The Morgan fingerprint density at radius 1 is 1.29 bits per heavy atom. The maximum Gasteiger partial charge on any atom is 2.00 e. The van der Waals surface area contributed by atoms with Gasteiger partial charge in [0.15, 0.2) is 0 Å². The zero-order chi connectivity index (χ0) is 10.3. The average molecular weight is 247 g/mol. The van der Waals surface area contributed by atoms with Crippen molar-refractivity contribution in [1.29, 1.82) is 0 Å². The summed E-state index contributed by atoms with van der Waals surface area (Å²) in [4.78, 5) is 0.259. The summed E-state index contributed by atoms with van der Waals surface area (Å²) in [5.41, 5.74) is 5.89. The molecule has 1 aromatic rings. The summed E-state index contributed by atoms with van der Waals surface area (Å²) in [6.45, 7) is 4.00. The Morgan fingerprint density at radius 2 is 1.64 bits per heavy atom. The summed E-state index contributed by atoms with van der Waals surface area (Å²) >= 11 is -2.14. The average Bonchev–Trinajstić information content (AvgIpc) is 2.06. The van der Waals surface area contributed by atoms with Gasteiger partial charge < -0.3 is 16.7 Å². The molecule has 0 saturated heterocycles. The monoisotopic (exact) mass is 247 g/mol. The Balaban J connectivity index is 0. The van der Waals surface area contributed by atoms with Gasteiger partial charge >= 0.3 is 21.7 Å². The van der Waals surface area contributed by atoms with Crippen molar-refractivity contribution in [1.82, 2.24) is 0 Å². The largest absolute Gasteiger partial charge is 2.00 e. The molecule has 0 aromatic heterocycles. The molecule has 3 nitrogen and oxygen atoms in total. The first kappa shape index (κ1) is 16.3. The Kier molecular flexibility index (Phi) is 10.9. The summed E-state index contributed by atoms with van der Waals surface area (Å²) in [6.07, 6.45) is 2.00. The standard InChI is InChI=1S/C6H7NO2S.C3H7.Ti/c7-5-1-3-6(4-2-5)10(8)9;1-3-2;/h1-4H,7H2,(H,8,9);3H,1-2H3;/q;-1;+2/p-1. The van der Waals surface area contributed by atoms with Crippen molar-refractivity contribution in [2.24, 2.45) is 0 Å². The van der Waals surface area contributed by atoms with E-state index in [4.69, 9.17) is 5.73 Å². The zero-order valence-corrected chi connectivity index (χ0v) is 10.6. The van der Waals surface area contributed by atoms with Crippen molar-refractivity contribution in [3.63, 3.8) is 0 Å². The van der Waals surface area contributed by atoms with Gasteiger partial charge in [-0.2, -0.15) is 13.8 Å². The molecular weight excluding hydrogens is 234 g/mol. The predicted molar refractivity (Wildman–Crippen MR) is 53.7 cm³/mol. The van der Waals surface area contributed by atoms with Crippen LogP contribution in [0.2, 0.25) is 0 Å². The van der Waals surface area contributed by atoms with Gasteiger partial charge in [0, 0.05) is 10.6 Å². The molecule has 76 valence electrons. The first-order chi connectivity index (χ1) is 6.11. The molecule has 1 atom stereocenters. The molecule has 0 aliphatic rings. The van der Waals surface area contributed by atoms with Gasteiger partial charge in [-0.3, -0.25) is 4.21 Å². The molecule has 5 heteroatoms. The third kappa shape index (κ3) is 7.27. The Hall–Kier alpha value is -0.156. The van der Waals surface area contributed by atoms with Crippen molar-refractivity contribution >= 4 is 16.8 Å². The maximum atomic E-state index is 10.3. The molecule has 0 heterocycles. The second-order valence-corrected chi connectivity index (χ2v) is 3.32. The van der Waals surface area contributed by atoms with Gasteiger partial charge in [-0.15, -0.1) is 0 Å². The van der Waals surface area contributed by atoms with Crippen LogP contribution in [-0.4, -0.2) is 8.76 Å². The normalized spacial score (nSPS) is 10.5. The van der Waals surface area contributed by atoms with Gasteiger partial charge in [-0.1, -0.05) is 0 Å². The Bertz CT molecular complexity index is 264. The zero-order valence-electron chi connectivity index (χ0n) is 8.19. The minimum absolute atomic E-state index is 0. The number of benzene rings is 1. The van der Waals surface area contributed by atoms with Crippen molar-refractivity contribution in [3.8, 4) is 0 Å². The van der Waals surface area contributed by atoms with Crippen LogP contribution >= 0.6 is 0 Å². The molecule has 14 heavy (non-hydrogen) atoms. The minimum atomic E-state index is -2.14. The molecular formula is C9H13NO2STi. The van der Waals surface area contributed by atoms with E-state index in [1.54, 1.807) is 12.1 Å². The van der Waals surface area contributed by atoms with Crippen molar-refractivity contribution in [2.45, 2.75) is 18.7 Å². The first-order valence-electron chi connectivity index (χ1n) is 3.80. The van der Waals surface area contributed by atoms with Gasteiger partial charge in [0.05, 0.1) is 0 Å². The van der Waals surface area contributed by atoms with E-state index in [-0.39, 0.29) is 26.6 Å². The van der Waals surface area contributed by atoms with Gasteiger partial charge in [0.1, 0.15) is 0 Å². The third-order valence-electron chi connectivity index (χ3n) is 1.07. The summed E-state index contributed by atoms with van der Waals surface area (Å²) in [7, 11) is 0. The van der Waals surface area contributed by atoms with Gasteiger partial charge in [-0.25, -0.2) is 0 Å². The van der Waals surface area contributed by atoms with E-state index in [2.05, 4.69) is 0 Å². The van der Waals surface area contributed by atoms with E-state index in [1.807, 2.05) is 20.3 Å². The molecule has 0 spiro atoms. The molecule has 0 radical (unpaired) electrons. The van der Waals surface area contributed by atoms with Crippen molar-refractivity contribution in [2.75, 3.05) is 5.73 Å². The summed E-state index contributed by atoms with van der Waals surface area (Å²) in [5.74, 6) is 0. The smallest absolute Gasteiger partial charge is 0.768 e. The van der Waals surface area contributed by atoms with Crippen LogP contribution in [0.15, 0.2) is 29.2 Å². The maximum absolute atomic E-state index is 10.3. The molecule has 0 aliphatic carbocycles. The van der Waals surface area contributed by atoms with Gasteiger partial charge in [-0.05, 0) is 35.3 Å². The van der Waals surface area contributed by atoms with Gasteiger partial charge in [0.2, 0.25) is 0 Å². The number of hydrogen-bond donors (Lipinski definition) is 1. The van der Waals surface area contributed by atoms with Crippen LogP contribution in [0.1, 0.15) is 13.8 Å². The van der Waals surface area contributed by atoms with Crippen LogP contribution in [-0.2, 0) is 32.8 Å². The molecule has 1 rings (SSSR count). The number of nitrogens with two attached hydrogens (primary N) is 1. The number of hydrogen-bond acceptors (Lipinski definition) is 3. The molecule has 0 bridgehead atoms. The van der Waals surface area contributed by atoms with Crippen LogP contribution in [0.3, 0.4) is 0 Å². The molecule has 0 amide bonds. The molecule has 1 aromatic carbocycles. The number of anilines is 1. The Labute approximate surface area is 102 Å². The topological polar surface area (TPSA) is 66.2 Å². The number of nitrogen functional groups attached to an aromatic ring is 1. The quantitative estimate of drug-likeness (QED) is 0.355. The van der Waals surface area contributed by atoms with E-state index >= 15 is 0 Å². The summed E-state index contributed by atoms with van der Waals surface area (Å²) < 4.78 is 20.5. The fourth-order valence-electron chi connectivity index (χ4n) is 0.579. The van der Waals surface area contributed by atoms with E-state index < -0.39 is 11.1 Å². The SMILES string of the molecule is C[CH-]C.Nc1ccc(S(=O)[O-])cc1.[Ti+2]. The van der Waals surface area contributed by atoms with Crippen LogP contribution in [0, 0.1) is 6.42 Å².